The van der Waals surface area contributed by atoms with Crippen molar-refractivity contribution in [3.05, 3.63) is 64.8 Å². The number of aryl methyl sites for hydroxylation is 4. The SMILES string of the molecule is Cc1cc(C)cc(-c2ncc3c4c(cccc24)CCCC3)c1. The van der Waals surface area contributed by atoms with Gasteiger partial charge in [0, 0.05) is 17.1 Å². The summed E-state index contributed by atoms with van der Waals surface area (Å²) in [5.74, 6) is 0. The molecule has 0 spiro atoms. The smallest absolute Gasteiger partial charge is 0.0780 e. The first kappa shape index (κ1) is 13.5. The molecule has 0 fully saturated rings. The largest absolute Gasteiger partial charge is 0.255 e. The van der Waals surface area contributed by atoms with Crippen LogP contribution in [0.2, 0.25) is 0 Å². The van der Waals surface area contributed by atoms with Crippen LogP contribution in [0.15, 0.2) is 42.6 Å². The molecule has 1 nitrogen and oxygen atoms in total. The van der Waals surface area contributed by atoms with E-state index in [9.17, 15) is 0 Å². The van der Waals surface area contributed by atoms with E-state index in [-0.39, 0.29) is 0 Å². The number of nitrogens with zero attached hydrogens (tertiary/aromatic N) is 1. The van der Waals surface area contributed by atoms with E-state index in [0.717, 1.165) is 12.1 Å². The van der Waals surface area contributed by atoms with Gasteiger partial charge in [0.1, 0.15) is 0 Å². The summed E-state index contributed by atoms with van der Waals surface area (Å²) in [4.78, 5) is 4.85. The van der Waals surface area contributed by atoms with Gasteiger partial charge in [-0.3, -0.25) is 4.98 Å². The lowest BCUT2D eigenvalue weighted by Gasteiger charge is -2.13. The van der Waals surface area contributed by atoms with Gasteiger partial charge in [-0.25, -0.2) is 0 Å². The molecular weight excluding hydrogens is 266 g/mol. The monoisotopic (exact) mass is 287 g/mol. The molecule has 22 heavy (non-hydrogen) atoms. The average molecular weight is 287 g/mol. The summed E-state index contributed by atoms with van der Waals surface area (Å²) in [6.07, 6.45) is 7.03. The molecular formula is C21H21N. The topological polar surface area (TPSA) is 12.9 Å². The zero-order valence-electron chi connectivity index (χ0n) is 13.3. The Labute approximate surface area is 132 Å². The second kappa shape index (κ2) is 5.24. The minimum Gasteiger partial charge on any atom is -0.255 e. The molecule has 2 aromatic carbocycles. The van der Waals surface area contributed by atoms with E-state index in [1.165, 1.54) is 57.9 Å². The molecule has 1 aliphatic carbocycles. The Kier molecular flexibility index (Phi) is 3.22. The van der Waals surface area contributed by atoms with Crippen LogP contribution in [0, 0.1) is 13.8 Å². The third kappa shape index (κ3) is 2.21. The highest BCUT2D eigenvalue weighted by Gasteiger charge is 2.15. The summed E-state index contributed by atoms with van der Waals surface area (Å²) in [6, 6.07) is 13.5. The average Bonchev–Trinajstić information content (AvgIpc) is 2.71. The van der Waals surface area contributed by atoms with Crippen molar-refractivity contribution >= 4 is 10.8 Å². The second-order valence-corrected chi connectivity index (χ2v) is 6.56. The summed E-state index contributed by atoms with van der Waals surface area (Å²) in [6.45, 7) is 4.32. The Balaban J connectivity index is 2.04. The predicted molar refractivity (Wildman–Crippen MR) is 93.3 cm³/mol. The summed E-state index contributed by atoms with van der Waals surface area (Å²) in [5, 5.41) is 2.78. The van der Waals surface area contributed by atoms with Gasteiger partial charge < -0.3 is 0 Å². The third-order valence-corrected chi connectivity index (χ3v) is 4.71. The van der Waals surface area contributed by atoms with Crippen LogP contribution in [0.5, 0.6) is 0 Å². The molecule has 0 radical (unpaired) electrons. The molecule has 1 aliphatic rings. The van der Waals surface area contributed by atoms with Gasteiger partial charge in [0.15, 0.2) is 0 Å². The van der Waals surface area contributed by atoms with Crippen LogP contribution in [0.3, 0.4) is 0 Å². The zero-order valence-corrected chi connectivity index (χ0v) is 13.3. The third-order valence-electron chi connectivity index (χ3n) is 4.71. The van der Waals surface area contributed by atoms with Gasteiger partial charge in [0.05, 0.1) is 5.69 Å². The van der Waals surface area contributed by atoms with E-state index in [2.05, 4.69) is 56.4 Å². The van der Waals surface area contributed by atoms with Crippen LogP contribution in [0.4, 0.5) is 0 Å². The first-order valence-electron chi connectivity index (χ1n) is 8.20. The van der Waals surface area contributed by atoms with E-state index < -0.39 is 0 Å². The Hall–Kier alpha value is -2.15. The van der Waals surface area contributed by atoms with Crippen LogP contribution in [0.25, 0.3) is 22.0 Å². The molecule has 0 amide bonds. The fourth-order valence-electron chi connectivity index (χ4n) is 3.82. The quantitative estimate of drug-likeness (QED) is 0.584. The second-order valence-electron chi connectivity index (χ2n) is 6.56. The van der Waals surface area contributed by atoms with Crippen molar-refractivity contribution in [3.8, 4) is 11.3 Å². The molecule has 0 aliphatic heterocycles. The Morgan fingerprint density at radius 2 is 1.59 bits per heavy atom. The lowest BCUT2D eigenvalue weighted by molar-refractivity contribution is 0.752. The molecule has 3 aromatic rings. The van der Waals surface area contributed by atoms with Crippen molar-refractivity contribution in [2.45, 2.75) is 39.5 Å². The number of pyridine rings is 1. The summed E-state index contributed by atoms with van der Waals surface area (Å²) in [7, 11) is 0. The molecule has 0 bridgehead atoms. The summed E-state index contributed by atoms with van der Waals surface area (Å²) < 4.78 is 0. The molecule has 1 heteroatoms. The molecule has 0 saturated heterocycles. The van der Waals surface area contributed by atoms with Gasteiger partial charge in [-0.15, -0.1) is 0 Å². The highest BCUT2D eigenvalue weighted by Crippen LogP contribution is 2.34. The van der Waals surface area contributed by atoms with Crippen molar-refractivity contribution in [1.29, 1.82) is 0 Å². The lowest BCUT2D eigenvalue weighted by atomic mass is 9.95. The van der Waals surface area contributed by atoms with Gasteiger partial charge in [0.2, 0.25) is 0 Å². The van der Waals surface area contributed by atoms with Crippen molar-refractivity contribution in [2.75, 3.05) is 0 Å². The molecule has 110 valence electrons. The van der Waals surface area contributed by atoms with Crippen LogP contribution in [0.1, 0.15) is 35.1 Å². The van der Waals surface area contributed by atoms with Gasteiger partial charge in [-0.05, 0) is 68.2 Å². The number of benzene rings is 2. The molecule has 0 saturated carbocycles. The summed E-state index contributed by atoms with van der Waals surface area (Å²) >= 11 is 0. The normalized spacial score (nSPS) is 14.1. The van der Waals surface area contributed by atoms with Gasteiger partial charge in [-0.2, -0.15) is 0 Å². The van der Waals surface area contributed by atoms with Crippen LogP contribution >= 0.6 is 0 Å². The van der Waals surface area contributed by atoms with Gasteiger partial charge in [0.25, 0.3) is 0 Å². The molecule has 0 atom stereocenters. The zero-order chi connectivity index (χ0) is 15.1. The maximum Gasteiger partial charge on any atom is 0.0780 e. The standard InChI is InChI=1S/C21H21N/c1-14-10-15(2)12-18(11-14)21-19-9-5-8-16-6-3-4-7-17(13-22-21)20(16)19/h5,8-13H,3-4,6-7H2,1-2H3. The van der Waals surface area contributed by atoms with Crippen LogP contribution in [-0.2, 0) is 12.8 Å². The summed E-state index contributed by atoms with van der Waals surface area (Å²) in [5.41, 5.74) is 7.90. The van der Waals surface area contributed by atoms with E-state index in [4.69, 9.17) is 4.98 Å². The fraction of sp³-hybridized carbons (Fsp3) is 0.286. The maximum absolute atomic E-state index is 4.85. The molecule has 4 rings (SSSR count). The Bertz CT molecular complexity index is 829. The van der Waals surface area contributed by atoms with Crippen molar-refractivity contribution in [1.82, 2.24) is 4.98 Å². The Morgan fingerprint density at radius 1 is 0.864 bits per heavy atom. The van der Waals surface area contributed by atoms with E-state index in [1.54, 1.807) is 0 Å². The minimum atomic E-state index is 1.13. The first-order valence-corrected chi connectivity index (χ1v) is 8.20. The van der Waals surface area contributed by atoms with Crippen LogP contribution in [-0.4, -0.2) is 4.98 Å². The van der Waals surface area contributed by atoms with Crippen molar-refractivity contribution < 1.29 is 0 Å². The van der Waals surface area contributed by atoms with E-state index in [0.29, 0.717) is 0 Å². The lowest BCUT2D eigenvalue weighted by Crippen LogP contribution is -1.94. The Morgan fingerprint density at radius 3 is 2.36 bits per heavy atom. The highest BCUT2D eigenvalue weighted by atomic mass is 14.7. The van der Waals surface area contributed by atoms with E-state index >= 15 is 0 Å². The molecule has 1 heterocycles. The van der Waals surface area contributed by atoms with Crippen LogP contribution < -0.4 is 0 Å². The fourth-order valence-corrected chi connectivity index (χ4v) is 3.82. The number of hydrogen-bond acceptors (Lipinski definition) is 1. The highest BCUT2D eigenvalue weighted by molar-refractivity contribution is 5.98. The van der Waals surface area contributed by atoms with Crippen molar-refractivity contribution in [3.63, 3.8) is 0 Å². The maximum atomic E-state index is 4.85. The number of hydrogen-bond donors (Lipinski definition) is 0. The van der Waals surface area contributed by atoms with Crippen molar-refractivity contribution in [2.24, 2.45) is 0 Å². The first-order chi connectivity index (χ1) is 10.7. The minimum absolute atomic E-state index is 1.13. The molecule has 0 N–H and O–H groups in total. The molecule has 1 aromatic heterocycles. The molecule has 0 unspecified atom stereocenters. The van der Waals surface area contributed by atoms with Gasteiger partial charge >= 0.3 is 0 Å². The number of rotatable bonds is 1. The van der Waals surface area contributed by atoms with E-state index in [1.807, 2.05) is 0 Å². The number of aromatic nitrogens is 1. The predicted octanol–water partition coefficient (Wildman–Crippen LogP) is 5.40. The van der Waals surface area contributed by atoms with Gasteiger partial charge in [-0.1, -0.05) is 35.4 Å².